The van der Waals surface area contributed by atoms with Crippen molar-refractivity contribution < 1.29 is 24.2 Å². The molecule has 0 saturated heterocycles. The first-order chi connectivity index (χ1) is 13.3. The van der Waals surface area contributed by atoms with E-state index in [0.29, 0.717) is 17.0 Å². The molecule has 0 fully saturated rings. The molecule has 0 spiro atoms. The highest BCUT2D eigenvalue weighted by atomic mass is 16.5. The smallest absolute Gasteiger partial charge is 0.344 e. The number of hydrogen-bond donors (Lipinski definition) is 2. The molecule has 2 N–H and O–H groups in total. The molecule has 144 valence electrons. The number of carboxylic acids is 1. The number of amides is 1. The second kappa shape index (κ2) is 9.24. The number of aryl methyl sites for hydroxylation is 1. The molecule has 7 heteroatoms. The SMILES string of the molecule is COc1cc(/C=C(/C#N)C(=O)Nc2ccccc2C)ccc1O[C@H](C)C(=O)O. The molecule has 7 nitrogen and oxygen atoms in total. The molecule has 0 aliphatic carbocycles. The third kappa shape index (κ3) is 5.11. The second-order valence-corrected chi connectivity index (χ2v) is 5.95. The first-order valence-electron chi connectivity index (χ1n) is 8.42. The van der Waals surface area contributed by atoms with Crippen molar-refractivity contribution in [3.8, 4) is 17.6 Å². The monoisotopic (exact) mass is 380 g/mol. The highest BCUT2D eigenvalue weighted by Crippen LogP contribution is 2.30. The molecule has 0 aromatic heterocycles. The van der Waals surface area contributed by atoms with E-state index in [1.807, 2.05) is 25.1 Å². The van der Waals surface area contributed by atoms with E-state index in [0.717, 1.165) is 5.56 Å². The molecule has 2 aromatic carbocycles. The Morgan fingerprint density at radius 2 is 1.93 bits per heavy atom. The lowest BCUT2D eigenvalue weighted by atomic mass is 10.1. The topological polar surface area (TPSA) is 109 Å². The van der Waals surface area contributed by atoms with Gasteiger partial charge in [-0.3, -0.25) is 4.79 Å². The van der Waals surface area contributed by atoms with E-state index in [9.17, 15) is 14.9 Å². The van der Waals surface area contributed by atoms with Gasteiger partial charge in [0.05, 0.1) is 7.11 Å². The van der Waals surface area contributed by atoms with Crippen molar-refractivity contribution >= 4 is 23.6 Å². The number of rotatable bonds is 7. The van der Waals surface area contributed by atoms with Crippen LogP contribution in [0.5, 0.6) is 11.5 Å². The minimum atomic E-state index is -1.11. The maximum atomic E-state index is 12.4. The number of nitriles is 1. The molecular formula is C21H20N2O5. The third-order valence-corrected chi connectivity index (χ3v) is 3.91. The summed E-state index contributed by atoms with van der Waals surface area (Å²) in [5.74, 6) is -1.10. The van der Waals surface area contributed by atoms with Crippen molar-refractivity contribution in [1.29, 1.82) is 5.26 Å². The average Bonchev–Trinajstić information content (AvgIpc) is 2.68. The zero-order valence-electron chi connectivity index (χ0n) is 15.7. The van der Waals surface area contributed by atoms with Crippen LogP contribution in [0, 0.1) is 18.3 Å². The minimum absolute atomic E-state index is 0.0853. The molecule has 0 unspecified atom stereocenters. The van der Waals surface area contributed by atoms with Gasteiger partial charge in [0.2, 0.25) is 0 Å². The Hall–Kier alpha value is -3.79. The van der Waals surface area contributed by atoms with Crippen LogP contribution in [-0.2, 0) is 9.59 Å². The quantitative estimate of drug-likeness (QED) is 0.563. The number of anilines is 1. The Kier molecular flexibility index (Phi) is 6.77. The van der Waals surface area contributed by atoms with Gasteiger partial charge in [-0.1, -0.05) is 24.3 Å². The number of benzene rings is 2. The lowest BCUT2D eigenvalue weighted by Crippen LogP contribution is -2.23. The van der Waals surface area contributed by atoms with Gasteiger partial charge in [-0.25, -0.2) is 4.79 Å². The fourth-order valence-corrected chi connectivity index (χ4v) is 2.33. The summed E-state index contributed by atoms with van der Waals surface area (Å²) >= 11 is 0. The van der Waals surface area contributed by atoms with Crippen LogP contribution in [0.3, 0.4) is 0 Å². The number of hydrogen-bond acceptors (Lipinski definition) is 5. The Morgan fingerprint density at radius 3 is 2.54 bits per heavy atom. The van der Waals surface area contributed by atoms with Gasteiger partial charge in [0.25, 0.3) is 5.91 Å². The third-order valence-electron chi connectivity index (χ3n) is 3.91. The van der Waals surface area contributed by atoms with Crippen molar-refractivity contribution in [2.75, 3.05) is 12.4 Å². The molecule has 1 amide bonds. The molecular weight excluding hydrogens is 360 g/mol. The minimum Gasteiger partial charge on any atom is -0.493 e. The van der Waals surface area contributed by atoms with Gasteiger partial charge < -0.3 is 19.9 Å². The van der Waals surface area contributed by atoms with Crippen LogP contribution in [0.15, 0.2) is 48.0 Å². The second-order valence-electron chi connectivity index (χ2n) is 5.95. The average molecular weight is 380 g/mol. The fourth-order valence-electron chi connectivity index (χ4n) is 2.33. The van der Waals surface area contributed by atoms with Crippen LogP contribution < -0.4 is 14.8 Å². The fraction of sp³-hybridized carbons (Fsp3) is 0.190. The Bertz CT molecular complexity index is 960. The van der Waals surface area contributed by atoms with Crippen molar-refractivity contribution in [2.45, 2.75) is 20.0 Å². The normalized spacial score (nSPS) is 11.9. The largest absolute Gasteiger partial charge is 0.493 e. The van der Waals surface area contributed by atoms with Gasteiger partial charge in [-0.2, -0.15) is 5.26 Å². The molecule has 0 radical (unpaired) electrons. The van der Waals surface area contributed by atoms with E-state index in [2.05, 4.69) is 5.32 Å². The molecule has 0 saturated carbocycles. The maximum absolute atomic E-state index is 12.4. The number of nitrogens with one attached hydrogen (secondary N) is 1. The zero-order chi connectivity index (χ0) is 20.7. The highest BCUT2D eigenvalue weighted by Gasteiger charge is 2.16. The van der Waals surface area contributed by atoms with Crippen LogP contribution in [0.4, 0.5) is 5.69 Å². The number of nitrogens with zero attached hydrogens (tertiary/aromatic N) is 1. The Morgan fingerprint density at radius 1 is 1.21 bits per heavy atom. The van der Waals surface area contributed by atoms with E-state index in [-0.39, 0.29) is 11.3 Å². The molecule has 0 aliphatic rings. The number of aliphatic carboxylic acids is 1. The zero-order valence-corrected chi connectivity index (χ0v) is 15.7. The van der Waals surface area contributed by atoms with Gasteiger partial charge in [0.1, 0.15) is 11.6 Å². The summed E-state index contributed by atoms with van der Waals surface area (Å²) in [5, 5.41) is 21.0. The van der Waals surface area contributed by atoms with Crippen molar-refractivity contribution in [2.24, 2.45) is 0 Å². The summed E-state index contributed by atoms with van der Waals surface area (Å²) in [6.07, 6.45) is 0.366. The van der Waals surface area contributed by atoms with Gasteiger partial charge in [-0.15, -0.1) is 0 Å². The number of para-hydroxylation sites is 1. The molecule has 2 rings (SSSR count). The number of methoxy groups -OCH3 is 1. The van der Waals surface area contributed by atoms with Crippen LogP contribution in [0.25, 0.3) is 6.08 Å². The Labute approximate surface area is 162 Å². The highest BCUT2D eigenvalue weighted by molar-refractivity contribution is 6.10. The predicted octanol–water partition coefficient (Wildman–Crippen LogP) is 3.40. The summed E-state index contributed by atoms with van der Waals surface area (Å²) in [4.78, 5) is 23.4. The summed E-state index contributed by atoms with van der Waals surface area (Å²) in [6, 6.07) is 13.8. The standard InChI is InChI=1S/C21H20N2O5/c1-13-6-4-5-7-17(13)23-20(24)16(12-22)10-15-8-9-18(19(11-15)27-3)28-14(2)21(25)26/h4-11,14H,1-3H3,(H,23,24)(H,25,26)/b16-10-/t14-/m1/s1. The van der Waals surface area contributed by atoms with Crippen LogP contribution in [-0.4, -0.2) is 30.2 Å². The summed E-state index contributed by atoms with van der Waals surface area (Å²) < 4.78 is 10.6. The number of carbonyl (C=O) groups excluding carboxylic acids is 1. The first-order valence-corrected chi connectivity index (χ1v) is 8.42. The number of carboxylic acid groups (broad SMARTS) is 1. The van der Waals surface area contributed by atoms with Gasteiger partial charge in [-0.05, 0) is 49.2 Å². The van der Waals surface area contributed by atoms with Crippen molar-refractivity contribution in [3.05, 3.63) is 59.2 Å². The van der Waals surface area contributed by atoms with Gasteiger partial charge >= 0.3 is 5.97 Å². The van der Waals surface area contributed by atoms with Crippen molar-refractivity contribution in [1.82, 2.24) is 0 Å². The van der Waals surface area contributed by atoms with Crippen molar-refractivity contribution in [3.63, 3.8) is 0 Å². The summed E-state index contributed by atoms with van der Waals surface area (Å²) in [6.45, 7) is 3.26. The Balaban J connectivity index is 2.26. The maximum Gasteiger partial charge on any atom is 0.344 e. The van der Waals surface area contributed by atoms with E-state index in [1.165, 1.54) is 26.2 Å². The molecule has 0 bridgehead atoms. The van der Waals surface area contributed by atoms with Crippen LogP contribution in [0.2, 0.25) is 0 Å². The summed E-state index contributed by atoms with van der Waals surface area (Å²) in [7, 11) is 1.41. The van der Waals surface area contributed by atoms with Crippen LogP contribution in [0.1, 0.15) is 18.1 Å². The van der Waals surface area contributed by atoms with Gasteiger partial charge in [0.15, 0.2) is 17.6 Å². The lowest BCUT2D eigenvalue weighted by molar-refractivity contribution is -0.144. The summed E-state index contributed by atoms with van der Waals surface area (Å²) in [5.41, 5.74) is 1.95. The molecule has 28 heavy (non-hydrogen) atoms. The first kappa shape index (κ1) is 20.5. The molecule has 0 aliphatic heterocycles. The number of carbonyl (C=O) groups is 2. The molecule has 2 aromatic rings. The van der Waals surface area contributed by atoms with E-state index in [4.69, 9.17) is 14.6 Å². The number of ether oxygens (including phenoxy) is 2. The van der Waals surface area contributed by atoms with E-state index < -0.39 is 18.0 Å². The molecule has 0 heterocycles. The van der Waals surface area contributed by atoms with E-state index >= 15 is 0 Å². The van der Waals surface area contributed by atoms with E-state index in [1.54, 1.807) is 24.3 Å². The lowest BCUT2D eigenvalue weighted by Gasteiger charge is -2.14. The molecule has 1 atom stereocenters. The van der Waals surface area contributed by atoms with Crippen LogP contribution >= 0.6 is 0 Å². The van der Waals surface area contributed by atoms with Gasteiger partial charge in [0, 0.05) is 5.69 Å². The predicted molar refractivity (Wildman–Crippen MR) is 104 cm³/mol.